The van der Waals surface area contributed by atoms with Crippen molar-refractivity contribution in [3.8, 4) is 6.07 Å². The SMILES string of the molecule is C=Nc1ncc(C#N)c(NC(C)C)c1C(=N)c1cc(C2CC2)nn1C1CCCCO1. The van der Waals surface area contributed by atoms with Gasteiger partial charge in [-0.05, 0) is 58.7 Å². The molecule has 1 aliphatic heterocycles. The lowest BCUT2D eigenvalue weighted by atomic mass is 10.0. The molecule has 0 amide bonds. The number of aromatic nitrogens is 3. The molecule has 0 spiro atoms. The number of pyridine rings is 1. The molecule has 2 aromatic heterocycles. The molecule has 2 N–H and O–H groups in total. The second-order valence-electron chi connectivity index (χ2n) is 8.18. The molecule has 156 valence electrons. The van der Waals surface area contributed by atoms with E-state index in [1.165, 1.54) is 6.20 Å². The van der Waals surface area contributed by atoms with Crippen molar-refractivity contribution in [2.45, 2.75) is 64.1 Å². The number of ether oxygens (including phenoxy) is 1. The van der Waals surface area contributed by atoms with Crippen LogP contribution in [0.5, 0.6) is 0 Å². The number of hydrogen-bond donors (Lipinski definition) is 2. The molecular weight excluding hydrogens is 378 g/mol. The number of nitrogens with zero attached hydrogens (tertiary/aromatic N) is 5. The van der Waals surface area contributed by atoms with Crippen molar-refractivity contribution in [1.29, 1.82) is 10.7 Å². The molecule has 1 saturated heterocycles. The van der Waals surface area contributed by atoms with Crippen molar-refractivity contribution in [2.24, 2.45) is 4.99 Å². The van der Waals surface area contributed by atoms with E-state index in [9.17, 15) is 5.26 Å². The highest BCUT2D eigenvalue weighted by Crippen LogP contribution is 2.41. The zero-order valence-corrected chi connectivity index (χ0v) is 17.5. The Balaban J connectivity index is 1.85. The van der Waals surface area contributed by atoms with Gasteiger partial charge in [0.25, 0.3) is 0 Å². The highest BCUT2D eigenvalue weighted by molar-refractivity contribution is 6.16. The van der Waals surface area contributed by atoms with Gasteiger partial charge in [0, 0.05) is 24.8 Å². The van der Waals surface area contributed by atoms with Crippen molar-refractivity contribution >= 4 is 23.9 Å². The quantitative estimate of drug-likeness (QED) is 0.667. The van der Waals surface area contributed by atoms with Gasteiger partial charge in [-0.25, -0.2) is 14.7 Å². The van der Waals surface area contributed by atoms with Gasteiger partial charge in [-0.2, -0.15) is 10.4 Å². The summed E-state index contributed by atoms with van der Waals surface area (Å²) >= 11 is 0. The van der Waals surface area contributed by atoms with Crippen LogP contribution in [0.4, 0.5) is 11.5 Å². The van der Waals surface area contributed by atoms with Crippen LogP contribution in [-0.4, -0.2) is 39.8 Å². The van der Waals surface area contributed by atoms with Crippen molar-refractivity contribution < 1.29 is 4.74 Å². The minimum atomic E-state index is -0.185. The average molecular weight is 406 g/mol. The minimum Gasteiger partial charge on any atom is -0.381 e. The minimum absolute atomic E-state index is 0.0670. The van der Waals surface area contributed by atoms with Crippen LogP contribution in [0, 0.1) is 16.7 Å². The van der Waals surface area contributed by atoms with Crippen molar-refractivity contribution in [1.82, 2.24) is 14.8 Å². The van der Waals surface area contributed by atoms with E-state index in [2.05, 4.69) is 28.1 Å². The first-order chi connectivity index (χ1) is 14.5. The first-order valence-corrected chi connectivity index (χ1v) is 10.5. The maximum Gasteiger partial charge on any atom is 0.162 e. The highest BCUT2D eigenvalue weighted by Gasteiger charge is 2.32. The Morgan fingerprint density at radius 3 is 2.80 bits per heavy atom. The summed E-state index contributed by atoms with van der Waals surface area (Å²) in [6.45, 7) is 8.30. The maximum absolute atomic E-state index is 9.63. The fraction of sp³-hybridized carbons (Fsp3) is 0.500. The van der Waals surface area contributed by atoms with E-state index in [1.807, 2.05) is 24.6 Å². The topological polar surface area (TPSA) is 112 Å². The summed E-state index contributed by atoms with van der Waals surface area (Å²) in [6.07, 6.45) is 6.52. The molecule has 0 aromatic carbocycles. The lowest BCUT2D eigenvalue weighted by Gasteiger charge is -2.25. The van der Waals surface area contributed by atoms with Gasteiger partial charge in [-0.1, -0.05) is 0 Å². The van der Waals surface area contributed by atoms with Crippen LogP contribution in [0.25, 0.3) is 0 Å². The Kier molecular flexibility index (Phi) is 5.64. The first-order valence-electron chi connectivity index (χ1n) is 10.5. The van der Waals surface area contributed by atoms with Crippen LogP contribution in [0.2, 0.25) is 0 Å². The van der Waals surface area contributed by atoms with Crippen LogP contribution in [-0.2, 0) is 4.74 Å². The smallest absolute Gasteiger partial charge is 0.162 e. The summed E-state index contributed by atoms with van der Waals surface area (Å²) in [5.41, 5.74) is 3.28. The summed E-state index contributed by atoms with van der Waals surface area (Å²) in [5, 5.41) is 26.9. The van der Waals surface area contributed by atoms with Gasteiger partial charge < -0.3 is 10.1 Å². The Hall–Kier alpha value is -3.05. The Morgan fingerprint density at radius 2 is 2.20 bits per heavy atom. The van der Waals surface area contributed by atoms with E-state index in [0.717, 1.165) is 37.8 Å². The number of hydrogen-bond acceptors (Lipinski definition) is 7. The molecule has 3 heterocycles. The third kappa shape index (κ3) is 3.85. The van der Waals surface area contributed by atoms with Gasteiger partial charge in [-0.3, -0.25) is 5.41 Å². The normalized spacial score (nSPS) is 18.8. The predicted octanol–water partition coefficient (Wildman–Crippen LogP) is 4.29. The van der Waals surface area contributed by atoms with Gasteiger partial charge in [0.1, 0.15) is 6.07 Å². The fourth-order valence-corrected chi connectivity index (χ4v) is 3.82. The van der Waals surface area contributed by atoms with Gasteiger partial charge in [0.15, 0.2) is 12.0 Å². The fourth-order valence-electron chi connectivity index (χ4n) is 3.82. The van der Waals surface area contributed by atoms with Crippen molar-refractivity contribution in [3.63, 3.8) is 0 Å². The van der Waals surface area contributed by atoms with Crippen LogP contribution in [0.1, 0.15) is 80.6 Å². The van der Waals surface area contributed by atoms with Crippen LogP contribution >= 0.6 is 0 Å². The summed E-state index contributed by atoms with van der Waals surface area (Å²) in [5.74, 6) is 0.780. The molecule has 2 aliphatic rings. The molecular formula is C22H27N7O. The number of anilines is 1. The largest absolute Gasteiger partial charge is 0.381 e. The van der Waals surface area contributed by atoms with Crippen molar-refractivity contribution in [3.05, 3.63) is 34.8 Å². The van der Waals surface area contributed by atoms with Crippen LogP contribution in [0.15, 0.2) is 17.3 Å². The van der Waals surface area contributed by atoms with Gasteiger partial charge in [-0.15, -0.1) is 0 Å². The average Bonchev–Trinajstić information content (AvgIpc) is 3.51. The maximum atomic E-state index is 9.63. The number of rotatable bonds is 7. The van der Waals surface area contributed by atoms with Gasteiger partial charge >= 0.3 is 0 Å². The molecule has 1 saturated carbocycles. The molecule has 2 aromatic rings. The summed E-state index contributed by atoms with van der Waals surface area (Å²) in [7, 11) is 0. The molecule has 0 radical (unpaired) electrons. The summed E-state index contributed by atoms with van der Waals surface area (Å²) < 4.78 is 7.83. The van der Waals surface area contributed by atoms with E-state index >= 15 is 0 Å². The molecule has 8 nitrogen and oxygen atoms in total. The van der Waals surface area contributed by atoms with E-state index in [-0.39, 0.29) is 18.0 Å². The number of nitrogens with one attached hydrogen (secondary N) is 2. The predicted molar refractivity (Wildman–Crippen MR) is 116 cm³/mol. The Bertz CT molecular complexity index is 1010. The summed E-state index contributed by atoms with van der Waals surface area (Å²) in [4.78, 5) is 8.33. The van der Waals surface area contributed by atoms with Crippen molar-refractivity contribution in [2.75, 3.05) is 11.9 Å². The summed E-state index contributed by atoms with van der Waals surface area (Å²) in [6, 6.07) is 4.24. The van der Waals surface area contributed by atoms with E-state index in [0.29, 0.717) is 40.9 Å². The molecule has 2 fully saturated rings. The molecule has 0 bridgehead atoms. The van der Waals surface area contributed by atoms with E-state index < -0.39 is 0 Å². The monoisotopic (exact) mass is 405 g/mol. The Morgan fingerprint density at radius 1 is 1.40 bits per heavy atom. The number of aliphatic imine (C=N–C) groups is 1. The highest BCUT2D eigenvalue weighted by atomic mass is 16.5. The number of nitriles is 1. The molecule has 30 heavy (non-hydrogen) atoms. The molecule has 1 atom stereocenters. The molecule has 8 heteroatoms. The van der Waals surface area contributed by atoms with Gasteiger partial charge in [0.05, 0.1) is 33.9 Å². The second-order valence-corrected chi connectivity index (χ2v) is 8.18. The van der Waals surface area contributed by atoms with E-state index in [1.54, 1.807) is 0 Å². The third-order valence-corrected chi connectivity index (χ3v) is 5.45. The van der Waals surface area contributed by atoms with Crippen LogP contribution < -0.4 is 5.32 Å². The molecule has 4 rings (SSSR count). The molecule has 1 unspecified atom stereocenters. The lowest BCUT2D eigenvalue weighted by Crippen LogP contribution is -2.24. The zero-order valence-electron chi connectivity index (χ0n) is 17.5. The third-order valence-electron chi connectivity index (χ3n) is 5.45. The second kappa shape index (κ2) is 8.36. The standard InChI is InChI=1S/C22H27N7O/c1-13(2)27-21-15(11-23)12-26-22(25-3)19(21)20(24)17-10-16(14-7-8-14)28-29(17)18-6-4-5-9-30-18/h10,12-14,18,24H,3-9H2,1-2H3,(H,26,27). The van der Waals surface area contributed by atoms with Crippen LogP contribution in [0.3, 0.4) is 0 Å². The lowest BCUT2D eigenvalue weighted by molar-refractivity contribution is -0.0399. The first kappa shape index (κ1) is 20.2. The van der Waals surface area contributed by atoms with Gasteiger partial charge in [0.2, 0.25) is 0 Å². The molecule has 1 aliphatic carbocycles. The zero-order chi connectivity index (χ0) is 21.3. The Labute approximate surface area is 176 Å². The van der Waals surface area contributed by atoms with E-state index in [4.69, 9.17) is 15.2 Å².